The Balaban J connectivity index is 1.39. The van der Waals surface area contributed by atoms with E-state index in [0.717, 1.165) is 28.2 Å². The molecular formula is C26H31N7O7S2. The molecule has 1 saturated heterocycles. The maximum atomic E-state index is 12.9. The minimum atomic E-state index is -3.81. The lowest BCUT2D eigenvalue weighted by molar-refractivity contribution is 0.0513. The first-order valence-corrected chi connectivity index (χ1v) is 15.7. The maximum absolute atomic E-state index is 12.9. The van der Waals surface area contributed by atoms with Crippen LogP contribution in [-0.2, 0) is 43.7 Å². The molecule has 4 heterocycles. The van der Waals surface area contributed by atoms with E-state index in [0.29, 0.717) is 60.7 Å². The van der Waals surface area contributed by atoms with Crippen molar-refractivity contribution in [3.05, 3.63) is 51.7 Å². The number of carbonyl (C=O) groups is 2. The molecule has 42 heavy (non-hydrogen) atoms. The van der Waals surface area contributed by atoms with Gasteiger partial charge >= 0.3 is 12.1 Å². The SMILES string of the molecule is CCOC(=O)c1sc(Nc2nc3c(c(NCc4ccc(S(N)(=O)=O)cc4)n2)CN(C(=O)OC2CCOC2)CC3)nc1C. The van der Waals surface area contributed by atoms with E-state index >= 15 is 0 Å². The zero-order valence-corrected chi connectivity index (χ0v) is 24.7. The van der Waals surface area contributed by atoms with Gasteiger partial charge < -0.3 is 24.4 Å². The first-order valence-electron chi connectivity index (χ1n) is 13.3. The minimum absolute atomic E-state index is 0.0138. The Kier molecular flexibility index (Phi) is 8.86. The van der Waals surface area contributed by atoms with Crippen LogP contribution in [0, 0.1) is 6.92 Å². The largest absolute Gasteiger partial charge is 0.462 e. The van der Waals surface area contributed by atoms with Crippen LogP contribution in [0.3, 0.4) is 0 Å². The number of carbonyl (C=O) groups excluding carboxylic acids is 2. The summed E-state index contributed by atoms with van der Waals surface area (Å²) in [5.41, 5.74) is 2.79. The van der Waals surface area contributed by atoms with Gasteiger partial charge in [-0.05, 0) is 31.5 Å². The number of sulfonamides is 1. The van der Waals surface area contributed by atoms with Crippen LogP contribution < -0.4 is 15.8 Å². The lowest BCUT2D eigenvalue weighted by Gasteiger charge is -2.30. The lowest BCUT2D eigenvalue weighted by atomic mass is 10.1. The topological polar surface area (TPSA) is 188 Å². The second-order valence-electron chi connectivity index (χ2n) is 9.68. The smallest absolute Gasteiger partial charge is 0.410 e. The molecule has 4 N–H and O–H groups in total. The van der Waals surface area contributed by atoms with Crippen molar-refractivity contribution in [2.24, 2.45) is 5.14 Å². The van der Waals surface area contributed by atoms with E-state index in [9.17, 15) is 18.0 Å². The lowest BCUT2D eigenvalue weighted by Crippen LogP contribution is -2.39. The third-order valence-corrected chi connectivity index (χ3v) is 8.64. The zero-order valence-electron chi connectivity index (χ0n) is 23.1. The molecule has 3 aromatic rings. The van der Waals surface area contributed by atoms with Crippen LogP contribution in [-0.4, -0.2) is 72.8 Å². The number of nitrogens with zero attached hydrogens (tertiary/aromatic N) is 4. The fourth-order valence-corrected chi connectivity index (χ4v) is 5.88. The van der Waals surface area contributed by atoms with E-state index in [1.165, 1.54) is 12.1 Å². The van der Waals surface area contributed by atoms with Gasteiger partial charge in [-0.15, -0.1) is 0 Å². The Hall–Kier alpha value is -3.86. The first kappa shape index (κ1) is 29.6. The molecule has 1 amide bonds. The zero-order chi connectivity index (χ0) is 29.9. The molecule has 5 rings (SSSR count). The molecule has 0 saturated carbocycles. The fraction of sp³-hybridized carbons (Fsp3) is 0.423. The molecule has 1 fully saturated rings. The number of amides is 1. The molecule has 0 spiro atoms. The fourth-order valence-electron chi connectivity index (χ4n) is 4.51. The van der Waals surface area contributed by atoms with Gasteiger partial charge in [0, 0.05) is 31.5 Å². The predicted molar refractivity (Wildman–Crippen MR) is 153 cm³/mol. The van der Waals surface area contributed by atoms with Gasteiger partial charge in [0.2, 0.25) is 16.0 Å². The van der Waals surface area contributed by atoms with Crippen LogP contribution in [0.1, 0.15) is 45.5 Å². The van der Waals surface area contributed by atoms with Gasteiger partial charge in [0.05, 0.1) is 42.6 Å². The molecule has 0 bridgehead atoms. The van der Waals surface area contributed by atoms with Crippen molar-refractivity contribution in [1.82, 2.24) is 19.9 Å². The van der Waals surface area contributed by atoms with Gasteiger partial charge in [-0.2, -0.15) is 4.98 Å². The number of fused-ring (bicyclic) bond motifs is 1. The van der Waals surface area contributed by atoms with E-state index in [1.807, 2.05) is 0 Å². The van der Waals surface area contributed by atoms with E-state index in [4.69, 9.17) is 19.3 Å². The summed E-state index contributed by atoms with van der Waals surface area (Å²) in [6.07, 6.45) is 0.443. The van der Waals surface area contributed by atoms with Gasteiger partial charge in [-0.1, -0.05) is 23.5 Å². The summed E-state index contributed by atoms with van der Waals surface area (Å²) in [7, 11) is -3.81. The van der Waals surface area contributed by atoms with Crippen molar-refractivity contribution >= 4 is 50.3 Å². The summed E-state index contributed by atoms with van der Waals surface area (Å²) >= 11 is 1.14. The number of benzene rings is 1. The molecule has 1 atom stereocenters. The quantitative estimate of drug-likeness (QED) is 0.298. The van der Waals surface area contributed by atoms with Crippen molar-refractivity contribution in [2.75, 3.05) is 37.0 Å². The Bertz CT molecular complexity index is 1570. The summed E-state index contributed by atoms with van der Waals surface area (Å²) in [5.74, 6) is 0.307. The summed E-state index contributed by atoms with van der Waals surface area (Å²) in [6, 6.07) is 6.18. The van der Waals surface area contributed by atoms with Gasteiger partial charge in [0.15, 0.2) is 5.13 Å². The molecule has 1 aromatic carbocycles. The number of ether oxygens (including phenoxy) is 3. The van der Waals surface area contributed by atoms with Crippen LogP contribution in [0.25, 0.3) is 0 Å². The highest BCUT2D eigenvalue weighted by Gasteiger charge is 2.29. The van der Waals surface area contributed by atoms with E-state index in [1.54, 1.807) is 30.9 Å². The second kappa shape index (κ2) is 12.6. The highest BCUT2D eigenvalue weighted by molar-refractivity contribution is 7.89. The number of primary sulfonamides is 1. The van der Waals surface area contributed by atoms with Crippen molar-refractivity contribution in [3.63, 3.8) is 0 Å². The molecule has 16 heteroatoms. The number of nitrogens with one attached hydrogen (secondary N) is 2. The summed E-state index contributed by atoms with van der Waals surface area (Å²) in [5, 5.41) is 12.0. The van der Waals surface area contributed by atoms with E-state index < -0.39 is 22.1 Å². The van der Waals surface area contributed by atoms with Gasteiger partial charge in [0.1, 0.15) is 16.8 Å². The number of aryl methyl sites for hydroxylation is 1. The van der Waals surface area contributed by atoms with Gasteiger partial charge in [-0.3, -0.25) is 5.32 Å². The monoisotopic (exact) mass is 617 g/mol. The number of thiazole rings is 1. The van der Waals surface area contributed by atoms with Crippen LogP contribution in [0.2, 0.25) is 0 Å². The molecule has 2 aliphatic heterocycles. The first-order chi connectivity index (χ1) is 20.1. The minimum Gasteiger partial charge on any atom is -0.462 e. The van der Waals surface area contributed by atoms with Crippen molar-refractivity contribution in [3.8, 4) is 0 Å². The number of hydrogen-bond donors (Lipinski definition) is 3. The maximum Gasteiger partial charge on any atom is 0.410 e. The highest BCUT2D eigenvalue weighted by atomic mass is 32.2. The molecule has 224 valence electrons. The predicted octanol–water partition coefficient (Wildman–Crippen LogP) is 2.70. The molecule has 0 aliphatic carbocycles. The normalized spacial score (nSPS) is 16.5. The number of rotatable bonds is 9. The Morgan fingerprint density at radius 3 is 2.69 bits per heavy atom. The molecule has 1 unspecified atom stereocenters. The van der Waals surface area contributed by atoms with Crippen molar-refractivity contribution < 1.29 is 32.2 Å². The molecule has 2 aromatic heterocycles. The van der Waals surface area contributed by atoms with Gasteiger partial charge in [-0.25, -0.2) is 33.1 Å². The van der Waals surface area contributed by atoms with Crippen LogP contribution in [0.4, 0.5) is 21.7 Å². The second-order valence-corrected chi connectivity index (χ2v) is 12.2. The van der Waals surface area contributed by atoms with Crippen molar-refractivity contribution in [2.45, 2.75) is 50.8 Å². The third kappa shape index (κ3) is 6.95. The number of nitrogens with two attached hydrogens (primary N) is 1. The molecule has 2 aliphatic rings. The van der Waals surface area contributed by atoms with Crippen LogP contribution >= 0.6 is 11.3 Å². The summed E-state index contributed by atoms with van der Waals surface area (Å²) < 4.78 is 39.3. The van der Waals surface area contributed by atoms with E-state index in [2.05, 4.69) is 25.6 Å². The van der Waals surface area contributed by atoms with Crippen molar-refractivity contribution in [1.29, 1.82) is 0 Å². The average molecular weight is 618 g/mol. The number of esters is 1. The van der Waals surface area contributed by atoms with Crippen LogP contribution in [0.15, 0.2) is 29.2 Å². The highest BCUT2D eigenvalue weighted by Crippen LogP contribution is 2.30. The van der Waals surface area contributed by atoms with Gasteiger partial charge in [0.25, 0.3) is 0 Å². The standard InChI is InChI=1S/C26H31N7O7S2/c1-3-39-23(34)21-15(2)29-25(41-21)32-24-30-20-8-10-33(26(35)40-17-9-11-38-14-17)13-19(20)22(31-24)28-12-16-4-6-18(7-5-16)42(27,36)37/h4-7,17H,3,8-14H2,1-2H3,(H2,27,36,37)(H2,28,29,30,31,32). The Labute approximate surface area is 246 Å². The number of aromatic nitrogens is 3. The Morgan fingerprint density at radius 1 is 1.21 bits per heavy atom. The van der Waals surface area contributed by atoms with E-state index in [-0.39, 0.29) is 30.1 Å². The summed E-state index contributed by atoms with van der Waals surface area (Å²) in [6.45, 7) is 5.62. The molecular weight excluding hydrogens is 586 g/mol. The molecule has 14 nitrogen and oxygen atoms in total. The third-order valence-electron chi connectivity index (χ3n) is 6.66. The molecule has 0 radical (unpaired) electrons. The summed E-state index contributed by atoms with van der Waals surface area (Å²) in [4.78, 5) is 40.9. The van der Waals surface area contributed by atoms with Crippen LogP contribution in [0.5, 0.6) is 0 Å². The number of hydrogen-bond acceptors (Lipinski definition) is 13. The average Bonchev–Trinajstić information content (AvgIpc) is 3.60. The number of anilines is 3. The Morgan fingerprint density at radius 2 is 2.00 bits per heavy atom.